The van der Waals surface area contributed by atoms with Crippen molar-refractivity contribution in [1.29, 1.82) is 0 Å². The third-order valence-electron chi connectivity index (χ3n) is 2.70. The molecule has 0 saturated carbocycles. The molecule has 2 aromatic rings. The fraction of sp³-hybridized carbons (Fsp3) is 0.286. The zero-order valence-electron chi connectivity index (χ0n) is 12.3. The lowest BCUT2D eigenvalue weighted by molar-refractivity contribution is 0.0823. The largest absolute Gasteiger partial charge is 0.485 e. The number of hydrogen-bond donors (Lipinski definition) is 3. The quantitative estimate of drug-likeness (QED) is 0.722. The minimum atomic E-state index is -2.58. The second-order valence-corrected chi connectivity index (χ2v) is 5.26. The number of alkyl halides is 2. The number of rotatable bonds is 7. The molecule has 0 aliphatic carbocycles. The van der Waals surface area contributed by atoms with Crippen molar-refractivity contribution in [2.24, 2.45) is 0 Å². The van der Waals surface area contributed by atoms with E-state index in [1.807, 2.05) is 5.38 Å². The Morgan fingerprint density at radius 3 is 2.87 bits per heavy atom. The Hall–Kier alpha value is -2.42. The van der Waals surface area contributed by atoms with Crippen LogP contribution in [-0.4, -0.2) is 31.1 Å². The first kappa shape index (κ1) is 16.9. The Morgan fingerprint density at radius 2 is 2.17 bits per heavy atom. The highest BCUT2D eigenvalue weighted by Gasteiger charge is 2.10. The first-order valence-corrected chi connectivity index (χ1v) is 7.63. The highest BCUT2D eigenvalue weighted by molar-refractivity contribution is 7.13. The molecular formula is C14H16F2N4O2S. The topological polar surface area (TPSA) is 75.3 Å². The molecule has 0 aliphatic rings. The summed E-state index contributed by atoms with van der Waals surface area (Å²) in [7, 11) is 1.76. The second kappa shape index (κ2) is 8.28. The van der Waals surface area contributed by atoms with Crippen molar-refractivity contribution in [3.8, 4) is 5.75 Å². The number of anilines is 2. The van der Waals surface area contributed by atoms with Crippen LogP contribution in [0.3, 0.4) is 0 Å². The van der Waals surface area contributed by atoms with Crippen molar-refractivity contribution >= 4 is 28.2 Å². The molecule has 1 heterocycles. The first-order chi connectivity index (χ1) is 11.1. The molecule has 0 aliphatic heterocycles. The molecule has 1 aromatic carbocycles. The molecule has 23 heavy (non-hydrogen) atoms. The predicted molar refractivity (Wildman–Crippen MR) is 85.5 cm³/mol. The van der Waals surface area contributed by atoms with Gasteiger partial charge in [0.15, 0.2) is 5.13 Å². The third-order valence-corrected chi connectivity index (χ3v) is 3.60. The zero-order chi connectivity index (χ0) is 16.7. The zero-order valence-corrected chi connectivity index (χ0v) is 13.1. The van der Waals surface area contributed by atoms with E-state index < -0.39 is 19.1 Å². The Balaban J connectivity index is 1.89. The Kier molecular flexibility index (Phi) is 6.10. The van der Waals surface area contributed by atoms with E-state index in [1.165, 1.54) is 17.4 Å². The lowest BCUT2D eigenvalue weighted by atomic mass is 10.3. The number of nitrogens with one attached hydrogen (secondary N) is 3. The van der Waals surface area contributed by atoms with Gasteiger partial charge in [-0.15, -0.1) is 11.3 Å². The van der Waals surface area contributed by atoms with Gasteiger partial charge in [-0.25, -0.2) is 18.6 Å². The number of hydrogen-bond acceptors (Lipinski definition) is 5. The van der Waals surface area contributed by atoms with Gasteiger partial charge in [-0.3, -0.25) is 0 Å². The first-order valence-electron chi connectivity index (χ1n) is 6.75. The predicted octanol–water partition coefficient (Wildman–Crippen LogP) is 3.15. The number of halogens is 2. The van der Waals surface area contributed by atoms with E-state index in [-0.39, 0.29) is 12.3 Å². The van der Waals surface area contributed by atoms with Gasteiger partial charge in [-0.2, -0.15) is 0 Å². The monoisotopic (exact) mass is 342 g/mol. The van der Waals surface area contributed by atoms with Crippen LogP contribution in [0.1, 0.15) is 5.69 Å². The highest BCUT2D eigenvalue weighted by Crippen LogP contribution is 2.24. The molecule has 124 valence electrons. The van der Waals surface area contributed by atoms with Gasteiger partial charge in [-0.05, 0) is 12.1 Å². The summed E-state index contributed by atoms with van der Waals surface area (Å²) in [5.41, 5.74) is 1.04. The van der Waals surface area contributed by atoms with Crippen LogP contribution in [-0.2, 0) is 6.54 Å². The number of benzene rings is 1. The summed E-state index contributed by atoms with van der Waals surface area (Å²) in [6.45, 7) is -0.476. The summed E-state index contributed by atoms with van der Waals surface area (Å²) in [5, 5.41) is 10.7. The van der Waals surface area contributed by atoms with Crippen molar-refractivity contribution in [2.45, 2.75) is 13.0 Å². The molecule has 0 unspecified atom stereocenters. The van der Waals surface area contributed by atoms with Crippen LogP contribution >= 0.6 is 11.3 Å². The third kappa shape index (κ3) is 5.37. The van der Waals surface area contributed by atoms with Gasteiger partial charge in [0.2, 0.25) is 0 Å². The molecule has 0 bridgehead atoms. The fourth-order valence-electron chi connectivity index (χ4n) is 1.69. The number of carbonyl (C=O) groups is 1. The molecule has 0 fully saturated rings. The number of amides is 2. The van der Waals surface area contributed by atoms with Gasteiger partial charge in [0, 0.05) is 12.4 Å². The molecule has 0 radical (unpaired) electrons. The van der Waals surface area contributed by atoms with Crippen molar-refractivity contribution in [1.82, 2.24) is 10.3 Å². The standard InChI is InChI=1S/C14H16F2N4O2S/c1-17-14-19-9(8-23-14)6-18-13(21)20-10-4-2-3-5-11(10)22-7-12(15)16/h2-5,8,12H,6-7H2,1H3,(H,17,19)(H2,18,20,21). The SMILES string of the molecule is CNc1nc(CNC(=O)Nc2ccccc2OCC(F)F)cs1. The normalized spacial score (nSPS) is 10.4. The molecular weight excluding hydrogens is 326 g/mol. The van der Waals surface area contributed by atoms with Crippen LogP contribution in [0.5, 0.6) is 5.75 Å². The van der Waals surface area contributed by atoms with Gasteiger partial charge >= 0.3 is 6.03 Å². The highest BCUT2D eigenvalue weighted by atomic mass is 32.1. The van der Waals surface area contributed by atoms with Crippen molar-refractivity contribution in [2.75, 3.05) is 24.3 Å². The number of ether oxygens (including phenoxy) is 1. The number of nitrogens with zero attached hydrogens (tertiary/aromatic N) is 1. The molecule has 3 N–H and O–H groups in total. The molecule has 1 aromatic heterocycles. The summed E-state index contributed by atoms with van der Waals surface area (Å²) >= 11 is 1.43. The van der Waals surface area contributed by atoms with Gasteiger partial charge in [-0.1, -0.05) is 12.1 Å². The number of thiazole rings is 1. The van der Waals surface area contributed by atoms with E-state index in [4.69, 9.17) is 4.74 Å². The minimum absolute atomic E-state index is 0.189. The van der Waals surface area contributed by atoms with Gasteiger partial charge < -0.3 is 20.7 Å². The molecule has 0 atom stereocenters. The molecule has 2 amide bonds. The van der Waals surface area contributed by atoms with Gasteiger partial charge in [0.25, 0.3) is 6.43 Å². The summed E-state index contributed by atoms with van der Waals surface area (Å²) in [5.74, 6) is 0.189. The van der Waals surface area contributed by atoms with Crippen LogP contribution in [0.25, 0.3) is 0 Å². The molecule has 2 rings (SSSR count). The maximum atomic E-state index is 12.2. The second-order valence-electron chi connectivity index (χ2n) is 4.40. The maximum absolute atomic E-state index is 12.2. The average molecular weight is 342 g/mol. The molecule has 9 heteroatoms. The lowest BCUT2D eigenvalue weighted by Crippen LogP contribution is -2.28. The van der Waals surface area contributed by atoms with Crippen LogP contribution in [0, 0.1) is 0 Å². The van der Waals surface area contributed by atoms with E-state index in [2.05, 4.69) is 20.9 Å². The summed E-state index contributed by atoms with van der Waals surface area (Å²) in [6, 6.07) is 5.92. The fourth-order valence-corrected chi connectivity index (χ4v) is 2.36. The lowest BCUT2D eigenvalue weighted by Gasteiger charge is -2.12. The number of urea groups is 1. The number of aromatic nitrogens is 1. The van der Waals surface area contributed by atoms with Crippen molar-refractivity contribution in [3.05, 3.63) is 35.3 Å². The van der Waals surface area contributed by atoms with Crippen molar-refractivity contribution in [3.63, 3.8) is 0 Å². The Bertz CT molecular complexity index is 651. The van der Waals surface area contributed by atoms with E-state index in [1.54, 1.807) is 25.2 Å². The van der Waals surface area contributed by atoms with Crippen LogP contribution in [0.4, 0.5) is 24.4 Å². The number of para-hydroxylation sites is 2. The van der Waals surface area contributed by atoms with Gasteiger partial charge in [0.1, 0.15) is 12.4 Å². The van der Waals surface area contributed by atoms with Crippen molar-refractivity contribution < 1.29 is 18.3 Å². The smallest absolute Gasteiger partial charge is 0.319 e. The van der Waals surface area contributed by atoms with E-state index >= 15 is 0 Å². The maximum Gasteiger partial charge on any atom is 0.319 e. The Morgan fingerprint density at radius 1 is 1.39 bits per heavy atom. The molecule has 0 spiro atoms. The van der Waals surface area contributed by atoms with Crippen LogP contribution in [0.15, 0.2) is 29.6 Å². The minimum Gasteiger partial charge on any atom is -0.485 e. The summed E-state index contributed by atoms with van der Waals surface area (Å²) < 4.78 is 29.4. The average Bonchev–Trinajstić information content (AvgIpc) is 3.00. The summed E-state index contributed by atoms with van der Waals surface area (Å²) in [4.78, 5) is 16.1. The van der Waals surface area contributed by atoms with E-state index in [0.717, 1.165) is 10.8 Å². The van der Waals surface area contributed by atoms with E-state index in [9.17, 15) is 13.6 Å². The van der Waals surface area contributed by atoms with E-state index in [0.29, 0.717) is 5.69 Å². The van der Waals surface area contributed by atoms with Gasteiger partial charge in [0.05, 0.1) is 17.9 Å². The number of carbonyl (C=O) groups excluding carboxylic acids is 1. The molecule has 6 nitrogen and oxygen atoms in total. The van der Waals surface area contributed by atoms with Crippen LogP contribution in [0.2, 0.25) is 0 Å². The summed E-state index contributed by atoms with van der Waals surface area (Å²) in [6.07, 6.45) is -2.58. The Labute approximate surface area is 135 Å². The van der Waals surface area contributed by atoms with Crippen LogP contribution < -0.4 is 20.7 Å². The molecule has 0 saturated heterocycles.